The number of ether oxygens (including phenoxy) is 4. The van der Waals surface area contributed by atoms with E-state index in [1.165, 1.54) is 26.4 Å². The third-order valence-corrected chi connectivity index (χ3v) is 5.95. The van der Waals surface area contributed by atoms with E-state index in [2.05, 4.69) is 16.3 Å². The van der Waals surface area contributed by atoms with Gasteiger partial charge in [-0.2, -0.15) is 0 Å². The molecule has 1 saturated heterocycles. The molecule has 174 valence electrons. The monoisotopic (exact) mass is 471 g/mol. The van der Waals surface area contributed by atoms with E-state index in [1.54, 1.807) is 6.07 Å². The average molecular weight is 472 g/mol. The zero-order valence-corrected chi connectivity index (χ0v) is 19.3. The van der Waals surface area contributed by atoms with Gasteiger partial charge in [0.2, 0.25) is 6.79 Å². The molecule has 0 atom stereocenters. The van der Waals surface area contributed by atoms with Gasteiger partial charge in [0.1, 0.15) is 0 Å². The first kappa shape index (κ1) is 22.8. The van der Waals surface area contributed by atoms with Gasteiger partial charge in [-0.15, -0.1) is 0 Å². The summed E-state index contributed by atoms with van der Waals surface area (Å²) in [5, 5.41) is 3.58. The van der Waals surface area contributed by atoms with Crippen molar-refractivity contribution in [3.63, 3.8) is 0 Å². The van der Waals surface area contributed by atoms with Gasteiger partial charge in [-0.1, -0.05) is 6.07 Å². The summed E-state index contributed by atoms with van der Waals surface area (Å²) < 4.78 is 20.5. The molecule has 2 aromatic carbocycles. The molecule has 2 aliphatic rings. The summed E-state index contributed by atoms with van der Waals surface area (Å²) >= 11 is 5.60. The van der Waals surface area contributed by atoms with Crippen LogP contribution >= 0.6 is 12.2 Å². The van der Waals surface area contributed by atoms with Crippen molar-refractivity contribution in [3.05, 3.63) is 53.1 Å². The number of carbonyl (C=O) groups is 2. The number of nitrogens with zero attached hydrogens (tertiary/aromatic N) is 2. The minimum absolute atomic E-state index is 0.266. The molecule has 0 aromatic heterocycles. The molecule has 1 fully saturated rings. The zero-order chi connectivity index (χ0) is 23.4. The van der Waals surface area contributed by atoms with Crippen LogP contribution in [0.2, 0.25) is 0 Å². The molecule has 9 nitrogen and oxygen atoms in total. The second kappa shape index (κ2) is 10.1. The van der Waals surface area contributed by atoms with E-state index in [0.29, 0.717) is 16.4 Å². The molecule has 2 heterocycles. The molecule has 33 heavy (non-hydrogen) atoms. The van der Waals surface area contributed by atoms with Crippen molar-refractivity contribution in [2.75, 3.05) is 52.5 Å². The minimum Gasteiger partial charge on any atom is -0.465 e. The number of rotatable bonds is 5. The lowest BCUT2D eigenvalue weighted by molar-refractivity contribution is 0.0587. The highest BCUT2D eigenvalue weighted by Gasteiger charge is 2.22. The maximum atomic E-state index is 12.2. The van der Waals surface area contributed by atoms with Gasteiger partial charge in [0.25, 0.3) is 0 Å². The summed E-state index contributed by atoms with van der Waals surface area (Å²) in [4.78, 5) is 28.5. The summed E-state index contributed by atoms with van der Waals surface area (Å²) in [6.07, 6.45) is 0. The van der Waals surface area contributed by atoms with Crippen LogP contribution in [0.3, 0.4) is 0 Å². The molecule has 2 aliphatic heterocycles. The van der Waals surface area contributed by atoms with Crippen molar-refractivity contribution < 1.29 is 28.5 Å². The molecule has 0 spiro atoms. The Kier molecular flexibility index (Phi) is 6.95. The number of esters is 2. The third kappa shape index (κ3) is 5.18. The molecule has 0 radical (unpaired) electrons. The molecular weight excluding hydrogens is 446 g/mol. The molecular formula is C23H25N3O6S. The molecule has 2 aromatic rings. The second-order valence-electron chi connectivity index (χ2n) is 7.62. The van der Waals surface area contributed by atoms with Gasteiger partial charge in [0.05, 0.1) is 31.0 Å². The molecule has 0 saturated carbocycles. The largest absolute Gasteiger partial charge is 0.465 e. The van der Waals surface area contributed by atoms with Gasteiger partial charge in [-0.25, -0.2) is 9.59 Å². The number of hydrogen-bond donors (Lipinski definition) is 1. The number of thiocarbonyl (C=S) groups is 1. The van der Waals surface area contributed by atoms with Gasteiger partial charge in [0, 0.05) is 32.7 Å². The van der Waals surface area contributed by atoms with Gasteiger partial charge < -0.3 is 29.2 Å². The first-order valence-corrected chi connectivity index (χ1v) is 10.9. The van der Waals surface area contributed by atoms with Crippen LogP contribution in [0.4, 0.5) is 5.69 Å². The standard InChI is InChI=1S/C23H25N3O6S/c1-29-21(27)16-4-5-17(22(28)30-2)18(12-16)24-23(33)26-9-7-25(8-10-26)13-15-3-6-19-20(11-15)32-14-31-19/h3-6,11-12H,7-10,13-14H2,1-2H3,(H,24,33). The number of hydrogen-bond acceptors (Lipinski definition) is 8. The van der Waals surface area contributed by atoms with Gasteiger partial charge in [-0.05, 0) is 48.1 Å². The van der Waals surface area contributed by atoms with Crippen LogP contribution in [0.5, 0.6) is 11.5 Å². The second-order valence-corrected chi connectivity index (χ2v) is 8.01. The van der Waals surface area contributed by atoms with Crippen molar-refractivity contribution in [2.24, 2.45) is 0 Å². The number of carbonyl (C=O) groups excluding carboxylic acids is 2. The molecule has 0 aliphatic carbocycles. The fourth-order valence-electron chi connectivity index (χ4n) is 3.78. The lowest BCUT2D eigenvalue weighted by Gasteiger charge is -2.36. The smallest absolute Gasteiger partial charge is 0.339 e. The number of methoxy groups -OCH3 is 2. The fourth-order valence-corrected chi connectivity index (χ4v) is 4.07. The Balaban J connectivity index is 1.38. The Hall–Kier alpha value is -3.37. The van der Waals surface area contributed by atoms with E-state index < -0.39 is 11.9 Å². The van der Waals surface area contributed by atoms with E-state index in [0.717, 1.165) is 49.8 Å². The number of fused-ring (bicyclic) bond motifs is 1. The predicted octanol–water partition coefficient (Wildman–Crippen LogP) is 2.50. The Bertz CT molecular complexity index is 1070. The molecule has 0 bridgehead atoms. The Morgan fingerprint density at radius 3 is 2.42 bits per heavy atom. The number of benzene rings is 2. The lowest BCUT2D eigenvalue weighted by Crippen LogP contribution is -2.49. The molecule has 1 N–H and O–H groups in total. The molecule has 10 heteroatoms. The van der Waals surface area contributed by atoms with Crippen LogP contribution in [-0.2, 0) is 16.0 Å². The van der Waals surface area contributed by atoms with Crippen LogP contribution in [-0.4, -0.2) is 74.0 Å². The van der Waals surface area contributed by atoms with Crippen LogP contribution in [0, 0.1) is 0 Å². The molecule has 0 amide bonds. The van der Waals surface area contributed by atoms with Gasteiger partial charge >= 0.3 is 11.9 Å². The Labute approximate surface area is 197 Å². The number of anilines is 1. The number of nitrogens with one attached hydrogen (secondary N) is 1. The summed E-state index contributed by atoms with van der Waals surface area (Å²) in [7, 11) is 2.61. The Morgan fingerprint density at radius 2 is 1.70 bits per heavy atom. The highest BCUT2D eigenvalue weighted by Crippen LogP contribution is 2.33. The van der Waals surface area contributed by atoms with Crippen molar-refractivity contribution in [1.29, 1.82) is 0 Å². The predicted molar refractivity (Wildman–Crippen MR) is 125 cm³/mol. The van der Waals surface area contributed by atoms with Crippen LogP contribution in [0.25, 0.3) is 0 Å². The van der Waals surface area contributed by atoms with E-state index in [-0.39, 0.29) is 12.4 Å². The van der Waals surface area contributed by atoms with Crippen molar-refractivity contribution >= 4 is 35.0 Å². The lowest BCUT2D eigenvalue weighted by atomic mass is 10.1. The maximum absolute atomic E-state index is 12.2. The highest BCUT2D eigenvalue weighted by molar-refractivity contribution is 7.80. The van der Waals surface area contributed by atoms with Crippen molar-refractivity contribution in [1.82, 2.24) is 9.80 Å². The summed E-state index contributed by atoms with van der Waals surface area (Å²) in [6, 6.07) is 10.6. The summed E-state index contributed by atoms with van der Waals surface area (Å²) in [5.41, 5.74) is 2.16. The summed E-state index contributed by atoms with van der Waals surface area (Å²) in [5.74, 6) is 0.539. The maximum Gasteiger partial charge on any atom is 0.339 e. The Morgan fingerprint density at radius 1 is 0.970 bits per heavy atom. The third-order valence-electron chi connectivity index (χ3n) is 5.59. The van der Waals surface area contributed by atoms with E-state index in [4.69, 9.17) is 31.2 Å². The zero-order valence-electron chi connectivity index (χ0n) is 18.5. The first-order valence-electron chi connectivity index (χ1n) is 10.5. The van der Waals surface area contributed by atoms with Crippen molar-refractivity contribution in [2.45, 2.75) is 6.54 Å². The summed E-state index contributed by atoms with van der Waals surface area (Å²) in [6.45, 7) is 4.16. The SMILES string of the molecule is COC(=O)c1ccc(C(=O)OC)c(NC(=S)N2CCN(Cc3ccc4c(c3)OCO4)CC2)c1. The highest BCUT2D eigenvalue weighted by atomic mass is 32.1. The van der Waals surface area contributed by atoms with Gasteiger partial charge in [0.15, 0.2) is 16.6 Å². The molecule has 4 rings (SSSR count). The van der Waals surface area contributed by atoms with E-state index in [9.17, 15) is 9.59 Å². The van der Waals surface area contributed by atoms with E-state index in [1.807, 2.05) is 17.0 Å². The minimum atomic E-state index is -0.523. The molecule has 0 unspecified atom stereocenters. The van der Waals surface area contributed by atoms with Crippen LogP contribution in [0.1, 0.15) is 26.3 Å². The van der Waals surface area contributed by atoms with Crippen molar-refractivity contribution in [3.8, 4) is 11.5 Å². The first-order chi connectivity index (χ1) is 16.0. The topological polar surface area (TPSA) is 89.6 Å². The van der Waals surface area contributed by atoms with Gasteiger partial charge in [-0.3, -0.25) is 4.90 Å². The van der Waals surface area contributed by atoms with Crippen LogP contribution < -0.4 is 14.8 Å². The number of piperazine rings is 1. The normalized spacial score (nSPS) is 15.2. The fraction of sp³-hybridized carbons (Fsp3) is 0.348. The van der Waals surface area contributed by atoms with E-state index >= 15 is 0 Å². The average Bonchev–Trinajstić information content (AvgIpc) is 3.31. The quantitative estimate of drug-likeness (QED) is 0.518. The van der Waals surface area contributed by atoms with Crippen LogP contribution in [0.15, 0.2) is 36.4 Å².